The maximum Gasteiger partial charge on any atom is 0.254 e. The molecule has 0 unspecified atom stereocenters. The Hall–Kier alpha value is -0.800. The monoisotopic (exact) mass is 277 g/mol. The van der Waals surface area contributed by atoms with Crippen LogP contribution in [-0.2, 0) is 0 Å². The van der Waals surface area contributed by atoms with Crippen LogP contribution in [0.15, 0.2) is 18.2 Å². The van der Waals surface area contributed by atoms with Crippen molar-refractivity contribution in [3.8, 4) is 0 Å². The molecule has 1 rings (SSSR count). The fourth-order valence-electron chi connectivity index (χ4n) is 1.43. The predicted molar refractivity (Wildman–Crippen MR) is 68.5 cm³/mol. The molecule has 0 aliphatic heterocycles. The number of aryl methyl sites for hydroxylation is 1. The molecule has 17 heavy (non-hydrogen) atoms. The number of alkyl halides is 2. The molecule has 0 N–H and O–H groups in total. The zero-order valence-corrected chi connectivity index (χ0v) is 11.1. The smallest absolute Gasteiger partial charge is 0.254 e. The first kappa shape index (κ1) is 14.3. The normalized spacial score (nSPS) is 10.4. The van der Waals surface area contributed by atoms with Gasteiger partial charge in [0.1, 0.15) is 5.82 Å². The highest BCUT2D eigenvalue weighted by molar-refractivity contribution is 6.18. The Morgan fingerprint density at radius 3 is 2.35 bits per heavy atom. The first-order valence-electron chi connectivity index (χ1n) is 5.27. The maximum atomic E-state index is 13.4. The van der Waals surface area contributed by atoms with Gasteiger partial charge in [0.05, 0.1) is 0 Å². The number of hydrogen-bond acceptors (Lipinski definition) is 1. The summed E-state index contributed by atoms with van der Waals surface area (Å²) in [5.41, 5.74) is 0.839. The summed E-state index contributed by atoms with van der Waals surface area (Å²) in [4.78, 5) is 13.5. The van der Waals surface area contributed by atoms with Gasteiger partial charge in [0.15, 0.2) is 0 Å². The van der Waals surface area contributed by atoms with Crippen molar-refractivity contribution in [2.75, 3.05) is 24.8 Å². The molecule has 0 saturated heterocycles. The van der Waals surface area contributed by atoms with Crippen LogP contribution in [0.3, 0.4) is 0 Å². The van der Waals surface area contributed by atoms with Gasteiger partial charge in [0.25, 0.3) is 5.91 Å². The van der Waals surface area contributed by atoms with Crippen molar-refractivity contribution >= 4 is 29.1 Å². The first-order chi connectivity index (χ1) is 8.10. The molecule has 0 atom stereocenters. The molecule has 1 aromatic rings. The van der Waals surface area contributed by atoms with Gasteiger partial charge in [0.2, 0.25) is 0 Å². The molecule has 0 bridgehead atoms. The Morgan fingerprint density at radius 1 is 1.29 bits per heavy atom. The molecule has 0 radical (unpaired) electrons. The van der Waals surface area contributed by atoms with Crippen molar-refractivity contribution in [3.63, 3.8) is 0 Å². The van der Waals surface area contributed by atoms with Crippen LogP contribution in [0.2, 0.25) is 0 Å². The van der Waals surface area contributed by atoms with Crippen LogP contribution >= 0.6 is 23.2 Å². The lowest BCUT2D eigenvalue weighted by Gasteiger charge is -2.20. The number of hydrogen-bond donors (Lipinski definition) is 0. The van der Waals surface area contributed by atoms with E-state index in [0.717, 1.165) is 0 Å². The lowest BCUT2D eigenvalue weighted by atomic mass is 10.1. The number of carbonyl (C=O) groups excluding carboxylic acids is 1. The highest BCUT2D eigenvalue weighted by atomic mass is 35.5. The van der Waals surface area contributed by atoms with E-state index in [1.54, 1.807) is 19.1 Å². The van der Waals surface area contributed by atoms with Gasteiger partial charge >= 0.3 is 0 Å². The summed E-state index contributed by atoms with van der Waals surface area (Å²) in [6, 6.07) is 4.44. The summed E-state index contributed by atoms with van der Waals surface area (Å²) >= 11 is 11.2. The number of carbonyl (C=O) groups is 1. The van der Waals surface area contributed by atoms with E-state index in [1.807, 2.05) is 0 Å². The van der Waals surface area contributed by atoms with E-state index in [0.29, 0.717) is 36.0 Å². The van der Waals surface area contributed by atoms with Gasteiger partial charge in [-0.3, -0.25) is 4.79 Å². The second kappa shape index (κ2) is 6.82. The standard InChI is InChI=1S/C12H14Cl2FNO/c1-9-2-3-10(8-11(9)15)12(17)16(6-4-13)7-5-14/h2-3,8H,4-7H2,1H3. The van der Waals surface area contributed by atoms with E-state index in [4.69, 9.17) is 23.2 Å². The average molecular weight is 278 g/mol. The van der Waals surface area contributed by atoms with E-state index in [9.17, 15) is 9.18 Å². The molecule has 1 amide bonds. The van der Waals surface area contributed by atoms with E-state index < -0.39 is 0 Å². The van der Waals surface area contributed by atoms with Crippen LogP contribution in [0.1, 0.15) is 15.9 Å². The van der Waals surface area contributed by atoms with Crippen LogP contribution in [0.5, 0.6) is 0 Å². The maximum absolute atomic E-state index is 13.4. The average Bonchev–Trinajstić information content (AvgIpc) is 2.31. The van der Waals surface area contributed by atoms with Gasteiger partial charge in [-0.05, 0) is 24.6 Å². The predicted octanol–water partition coefficient (Wildman–Crippen LogP) is 3.05. The third kappa shape index (κ3) is 3.86. The summed E-state index contributed by atoms with van der Waals surface area (Å²) in [5.74, 6) is 0.0336. The zero-order chi connectivity index (χ0) is 12.8. The van der Waals surface area contributed by atoms with E-state index in [2.05, 4.69) is 0 Å². The van der Waals surface area contributed by atoms with Crippen molar-refractivity contribution in [2.24, 2.45) is 0 Å². The fourth-order valence-corrected chi connectivity index (χ4v) is 1.84. The second-order valence-electron chi connectivity index (χ2n) is 3.63. The number of benzene rings is 1. The van der Waals surface area contributed by atoms with E-state index >= 15 is 0 Å². The van der Waals surface area contributed by atoms with Crippen molar-refractivity contribution in [1.82, 2.24) is 4.90 Å². The number of amides is 1. The van der Waals surface area contributed by atoms with Crippen LogP contribution in [-0.4, -0.2) is 35.7 Å². The fraction of sp³-hybridized carbons (Fsp3) is 0.417. The molecular weight excluding hydrogens is 264 g/mol. The Bertz CT molecular complexity index is 392. The van der Waals surface area contributed by atoms with Gasteiger partial charge in [-0.1, -0.05) is 6.07 Å². The van der Waals surface area contributed by atoms with Crippen molar-refractivity contribution in [3.05, 3.63) is 35.1 Å². The molecule has 2 nitrogen and oxygen atoms in total. The molecule has 1 aromatic carbocycles. The SMILES string of the molecule is Cc1ccc(C(=O)N(CCCl)CCCl)cc1F. The summed E-state index contributed by atoms with van der Waals surface area (Å²) in [7, 11) is 0. The molecule has 0 aliphatic carbocycles. The molecule has 0 spiro atoms. The van der Waals surface area contributed by atoms with E-state index in [1.165, 1.54) is 11.0 Å². The summed E-state index contributed by atoms with van der Waals surface area (Å²) in [5, 5.41) is 0. The molecule has 94 valence electrons. The Labute approximate surface area is 110 Å². The quantitative estimate of drug-likeness (QED) is 0.758. The minimum Gasteiger partial charge on any atom is -0.336 e. The molecule has 0 aliphatic rings. The molecular formula is C12H14Cl2FNO. The minimum absolute atomic E-state index is 0.245. The zero-order valence-electron chi connectivity index (χ0n) is 9.55. The van der Waals surface area contributed by atoms with Crippen LogP contribution in [0.25, 0.3) is 0 Å². The second-order valence-corrected chi connectivity index (χ2v) is 4.39. The number of rotatable bonds is 5. The van der Waals surface area contributed by atoms with Gasteiger partial charge in [-0.25, -0.2) is 4.39 Å². The number of nitrogens with zero attached hydrogens (tertiary/aromatic N) is 1. The van der Waals surface area contributed by atoms with Crippen molar-refractivity contribution in [2.45, 2.75) is 6.92 Å². The molecule has 0 heterocycles. The van der Waals surface area contributed by atoms with Gasteiger partial charge in [-0.15, -0.1) is 23.2 Å². The van der Waals surface area contributed by atoms with Gasteiger partial charge < -0.3 is 4.90 Å². The Morgan fingerprint density at radius 2 is 1.88 bits per heavy atom. The van der Waals surface area contributed by atoms with Crippen LogP contribution in [0, 0.1) is 12.7 Å². The van der Waals surface area contributed by atoms with Crippen LogP contribution < -0.4 is 0 Å². The Balaban J connectivity index is 2.88. The topological polar surface area (TPSA) is 20.3 Å². The van der Waals surface area contributed by atoms with E-state index in [-0.39, 0.29) is 11.7 Å². The third-order valence-corrected chi connectivity index (χ3v) is 2.75. The molecule has 0 saturated carbocycles. The molecule has 0 aromatic heterocycles. The summed E-state index contributed by atoms with van der Waals surface area (Å²) in [6.45, 7) is 2.46. The highest BCUT2D eigenvalue weighted by Gasteiger charge is 2.15. The lowest BCUT2D eigenvalue weighted by Crippen LogP contribution is -2.34. The molecule has 5 heteroatoms. The largest absolute Gasteiger partial charge is 0.336 e. The lowest BCUT2D eigenvalue weighted by molar-refractivity contribution is 0.0774. The van der Waals surface area contributed by atoms with Gasteiger partial charge in [-0.2, -0.15) is 0 Å². The van der Waals surface area contributed by atoms with Crippen molar-refractivity contribution < 1.29 is 9.18 Å². The van der Waals surface area contributed by atoms with Crippen molar-refractivity contribution in [1.29, 1.82) is 0 Å². The van der Waals surface area contributed by atoms with Crippen LogP contribution in [0.4, 0.5) is 4.39 Å². The van der Waals surface area contributed by atoms with Gasteiger partial charge in [0, 0.05) is 30.4 Å². The highest BCUT2D eigenvalue weighted by Crippen LogP contribution is 2.11. The third-order valence-electron chi connectivity index (χ3n) is 2.41. The Kier molecular flexibility index (Phi) is 5.72. The number of halogens is 3. The summed E-state index contributed by atoms with van der Waals surface area (Å²) < 4.78 is 13.4. The first-order valence-corrected chi connectivity index (χ1v) is 6.34. The minimum atomic E-state index is -0.382. The molecule has 0 fully saturated rings. The summed E-state index contributed by atoms with van der Waals surface area (Å²) in [6.07, 6.45) is 0.